The molecule has 0 fully saturated rings. The Balaban J connectivity index is 2.53. The highest BCUT2D eigenvalue weighted by Crippen LogP contribution is 2.34. The van der Waals surface area contributed by atoms with Crippen molar-refractivity contribution in [3.05, 3.63) is 48.0 Å². The maximum atomic E-state index is 10.6. The third-order valence-electron chi connectivity index (χ3n) is 3.75. The van der Waals surface area contributed by atoms with E-state index in [4.69, 9.17) is 5.73 Å². The van der Waals surface area contributed by atoms with Gasteiger partial charge in [-0.2, -0.15) is 0 Å². The number of rotatable bonds is 3. The van der Waals surface area contributed by atoms with Crippen molar-refractivity contribution in [2.75, 3.05) is 6.54 Å². The molecule has 0 aliphatic carbocycles. The summed E-state index contributed by atoms with van der Waals surface area (Å²) >= 11 is 0. The van der Waals surface area contributed by atoms with Crippen LogP contribution in [0.2, 0.25) is 0 Å². The van der Waals surface area contributed by atoms with Crippen LogP contribution in [-0.2, 0) is 0 Å². The van der Waals surface area contributed by atoms with E-state index in [1.54, 1.807) is 0 Å². The van der Waals surface area contributed by atoms with Gasteiger partial charge in [-0.05, 0) is 21.8 Å². The van der Waals surface area contributed by atoms with Crippen molar-refractivity contribution in [1.29, 1.82) is 0 Å². The van der Waals surface area contributed by atoms with Crippen LogP contribution in [0.5, 0.6) is 0 Å². The van der Waals surface area contributed by atoms with Gasteiger partial charge < -0.3 is 10.8 Å². The summed E-state index contributed by atoms with van der Waals surface area (Å²) in [4.78, 5) is 0. The predicted octanol–water partition coefficient (Wildman–Crippen LogP) is 3.29. The third-order valence-corrected chi connectivity index (χ3v) is 3.75. The van der Waals surface area contributed by atoms with Crippen LogP contribution in [0.4, 0.5) is 0 Å². The lowest BCUT2D eigenvalue weighted by Crippen LogP contribution is -2.36. The monoisotopic (exact) mass is 257 g/mol. The van der Waals surface area contributed by atoms with Gasteiger partial charge in [-0.3, -0.25) is 0 Å². The second-order valence-corrected chi connectivity index (χ2v) is 6.22. The first-order valence-electron chi connectivity index (χ1n) is 6.81. The fourth-order valence-electron chi connectivity index (χ4n) is 2.60. The molecule has 0 aromatic heterocycles. The van der Waals surface area contributed by atoms with E-state index < -0.39 is 6.10 Å². The number of hydrogen-bond donors (Lipinski definition) is 2. The largest absolute Gasteiger partial charge is 0.392 e. The summed E-state index contributed by atoms with van der Waals surface area (Å²) in [6, 6.07) is 14.5. The molecule has 0 spiro atoms. The first kappa shape index (κ1) is 14.0. The van der Waals surface area contributed by atoms with E-state index in [0.29, 0.717) is 6.54 Å². The summed E-state index contributed by atoms with van der Waals surface area (Å²) in [5.41, 5.74) is 6.90. The van der Waals surface area contributed by atoms with Crippen LogP contribution in [0.15, 0.2) is 42.5 Å². The molecule has 2 unspecified atom stereocenters. The zero-order valence-electron chi connectivity index (χ0n) is 11.9. The number of benzene rings is 2. The molecule has 0 aliphatic rings. The molecule has 2 atom stereocenters. The lowest BCUT2D eigenvalue weighted by Gasteiger charge is -2.33. The van der Waals surface area contributed by atoms with E-state index in [1.165, 1.54) is 10.8 Å². The van der Waals surface area contributed by atoms with Crippen molar-refractivity contribution in [3.8, 4) is 0 Å². The molecule has 0 aliphatic heterocycles. The quantitative estimate of drug-likeness (QED) is 0.886. The first-order chi connectivity index (χ1) is 8.95. The smallest absolute Gasteiger partial charge is 0.0669 e. The zero-order valence-corrected chi connectivity index (χ0v) is 11.9. The maximum Gasteiger partial charge on any atom is 0.0669 e. The van der Waals surface area contributed by atoms with Gasteiger partial charge in [-0.25, -0.2) is 0 Å². The van der Waals surface area contributed by atoms with Crippen molar-refractivity contribution in [3.63, 3.8) is 0 Å². The minimum absolute atomic E-state index is 0.0360. The summed E-state index contributed by atoms with van der Waals surface area (Å²) < 4.78 is 0. The number of hydrogen-bond acceptors (Lipinski definition) is 2. The van der Waals surface area contributed by atoms with Gasteiger partial charge in [-0.1, -0.05) is 63.2 Å². The molecule has 0 saturated carbocycles. The van der Waals surface area contributed by atoms with Gasteiger partial charge in [0.2, 0.25) is 0 Å². The molecule has 0 radical (unpaired) electrons. The molecule has 0 amide bonds. The Bertz CT molecular complexity index is 551. The molecule has 2 aromatic carbocycles. The number of aliphatic hydroxyl groups is 1. The van der Waals surface area contributed by atoms with Crippen LogP contribution in [0, 0.1) is 5.41 Å². The van der Waals surface area contributed by atoms with Crippen LogP contribution in [-0.4, -0.2) is 17.8 Å². The van der Waals surface area contributed by atoms with E-state index in [9.17, 15) is 5.11 Å². The third kappa shape index (κ3) is 2.80. The highest BCUT2D eigenvalue weighted by Gasteiger charge is 2.31. The minimum atomic E-state index is -0.455. The second kappa shape index (κ2) is 5.32. The number of fused-ring (bicyclic) bond motifs is 1. The van der Waals surface area contributed by atoms with Crippen molar-refractivity contribution in [2.45, 2.75) is 32.8 Å². The molecule has 2 aromatic rings. The standard InChI is InChI=1S/C17H23NO/c1-17(2,3)16(19)15(11-18)14-10-6-8-12-7-4-5-9-13(12)14/h4-10,15-16,19H,11,18H2,1-3H3. The van der Waals surface area contributed by atoms with E-state index in [2.05, 4.69) is 24.3 Å². The Morgan fingerprint density at radius 3 is 2.32 bits per heavy atom. The molecule has 2 heteroatoms. The summed E-state index contributed by atoms with van der Waals surface area (Å²) in [6.45, 7) is 6.59. The van der Waals surface area contributed by atoms with Crippen molar-refractivity contribution in [2.24, 2.45) is 11.1 Å². The average molecular weight is 257 g/mol. The van der Waals surface area contributed by atoms with Crippen molar-refractivity contribution < 1.29 is 5.11 Å². The molecule has 0 heterocycles. The Labute approximate surface area is 115 Å². The fraction of sp³-hybridized carbons (Fsp3) is 0.412. The Hall–Kier alpha value is -1.38. The van der Waals surface area contributed by atoms with Gasteiger partial charge in [0.1, 0.15) is 0 Å². The van der Waals surface area contributed by atoms with Gasteiger partial charge in [-0.15, -0.1) is 0 Å². The van der Waals surface area contributed by atoms with E-state index in [-0.39, 0.29) is 11.3 Å². The van der Waals surface area contributed by atoms with Gasteiger partial charge in [0.05, 0.1) is 6.10 Å². The number of aliphatic hydroxyl groups excluding tert-OH is 1. The predicted molar refractivity (Wildman–Crippen MR) is 81.2 cm³/mol. The van der Waals surface area contributed by atoms with Gasteiger partial charge >= 0.3 is 0 Å². The molecule has 0 bridgehead atoms. The van der Waals surface area contributed by atoms with Crippen LogP contribution in [0.3, 0.4) is 0 Å². The average Bonchev–Trinajstić information content (AvgIpc) is 2.38. The zero-order chi connectivity index (χ0) is 14.0. The summed E-state index contributed by atoms with van der Waals surface area (Å²) in [6.07, 6.45) is -0.455. The highest BCUT2D eigenvalue weighted by molar-refractivity contribution is 5.86. The molecule has 3 N–H and O–H groups in total. The highest BCUT2D eigenvalue weighted by atomic mass is 16.3. The molecule has 19 heavy (non-hydrogen) atoms. The van der Waals surface area contributed by atoms with Gasteiger partial charge in [0, 0.05) is 12.5 Å². The molecular weight excluding hydrogens is 234 g/mol. The van der Waals surface area contributed by atoms with Gasteiger partial charge in [0.25, 0.3) is 0 Å². The summed E-state index contributed by atoms with van der Waals surface area (Å²) in [5, 5.41) is 13.0. The number of nitrogens with two attached hydrogens (primary N) is 1. The van der Waals surface area contributed by atoms with Gasteiger partial charge in [0.15, 0.2) is 0 Å². The molecular formula is C17H23NO. The lowest BCUT2D eigenvalue weighted by atomic mass is 9.77. The first-order valence-corrected chi connectivity index (χ1v) is 6.81. The Morgan fingerprint density at radius 2 is 1.68 bits per heavy atom. The van der Waals surface area contributed by atoms with E-state index in [0.717, 1.165) is 5.56 Å². The topological polar surface area (TPSA) is 46.2 Å². The van der Waals surface area contributed by atoms with Crippen molar-refractivity contribution in [1.82, 2.24) is 0 Å². The van der Waals surface area contributed by atoms with Crippen LogP contribution >= 0.6 is 0 Å². The Morgan fingerprint density at radius 1 is 1.05 bits per heavy atom. The van der Waals surface area contributed by atoms with Crippen molar-refractivity contribution >= 4 is 10.8 Å². The van der Waals surface area contributed by atoms with Crippen LogP contribution in [0.1, 0.15) is 32.3 Å². The van der Waals surface area contributed by atoms with E-state index >= 15 is 0 Å². The lowest BCUT2D eigenvalue weighted by molar-refractivity contribution is 0.0411. The molecule has 2 nitrogen and oxygen atoms in total. The van der Waals surface area contributed by atoms with E-state index in [1.807, 2.05) is 39.0 Å². The maximum absolute atomic E-state index is 10.6. The fourth-order valence-corrected chi connectivity index (χ4v) is 2.60. The van der Waals surface area contributed by atoms with Crippen LogP contribution in [0.25, 0.3) is 10.8 Å². The summed E-state index contributed by atoms with van der Waals surface area (Å²) in [7, 11) is 0. The molecule has 0 saturated heterocycles. The SMILES string of the molecule is CC(C)(C)C(O)C(CN)c1cccc2ccccc12. The summed E-state index contributed by atoms with van der Waals surface area (Å²) in [5.74, 6) is -0.0360. The molecule has 102 valence electrons. The second-order valence-electron chi connectivity index (χ2n) is 6.22. The minimum Gasteiger partial charge on any atom is -0.392 e. The normalized spacial score (nSPS) is 15.4. The Kier molecular flexibility index (Phi) is 3.93. The molecule has 2 rings (SSSR count). The van der Waals surface area contributed by atoms with Crippen LogP contribution < -0.4 is 5.73 Å².